The molecule has 0 saturated heterocycles. The number of carbonyl (C=O) groups is 1. The van der Waals surface area contributed by atoms with Crippen molar-refractivity contribution in [2.45, 2.75) is 32.4 Å². The molecule has 0 radical (unpaired) electrons. The van der Waals surface area contributed by atoms with Crippen molar-refractivity contribution in [3.8, 4) is 0 Å². The van der Waals surface area contributed by atoms with E-state index < -0.39 is 0 Å². The molecule has 1 amide bonds. The first-order valence-electron chi connectivity index (χ1n) is 7.91. The molecule has 2 aromatic carbocycles. The Kier molecular flexibility index (Phi) is 4.56. The summed E-state index contributed by atoms with van der Waals surface area (Å²) >= 11 is 0. The van der Waals surface area contributed by atoms with Crippen molar-refractivity contribution in [2.75, 3.05) is 0 Å². The van der Waals surface area contributed by atoms with Crippen LogP contribution in [0.2, 0.25) is 0 Å². The highest BCUT2D eigenvalue weighted by Crippen LogP contribution is 2.28. The van der Waals surface area contributed by atoms with E-state index in [0.717, 1.165) is 24.0 Å². The summed E-state index contributed by atoms with van der Waals surface area (Å²) in [6.45, 7) is 2.57. The van der Waals surface area contributed by atoms with Gasteiger partial charge < -0.3 is 4.90 Å². The van der Waals surface area contributed by atoms with Crippen LogP contribution in [0.15, 0.2) is 54.6 Å². The Bertz CT molecular complexity index is 699. The minimum absolute atomic E-state index is 0.0115. The number of carbonyl (C=O) groups excluding carboxylic acids is 1. The van der Waals surface area contributed by atoms with Crippen LogP contribution >= 0.6 is 0 Å². The van der Waals surface area contributed by atoms with Crippen molar-refractivity contribution in [2.24, 2.45) is 0 Å². The SMILES string of the molecule is Cc1ccc(/C=C/C(=O)N(Cc2ccc(F)cc2)C2CC2)cc1. The summed E-state index contributed by atoms with van der Waals surface area (Å²) in [6, 6.07) is 14.7. The fourth-order valence-electron chi connectivity index (χ4n) is 2.50. The summed E-state index contributed by atoms with van der Waals surface area (Å²) in [7, 11) is 0. The second-order valence-corrected chi connectivity index (χ2v) is 6.07. The first-order chi connectivity index (χ1) is 11.1. The Balaban J connectivity index is 1.69. The molecule has 2 aromatic rings. The van der Waals surface area contributed by atoms with Crippen LogP contribution in [0, 0.1) is 12.7 Å². The van der Waals surface area contributed by atoms with Crippen LogP contribution in [0.3, 0.4) is 0 Å². The number of aryl methyl sites for hydroxylation is 1. The quantitative estimate of drug-likeness (QED) is 0.752. The highest BCUT2D eigenvalue weighted by atomic mass is 19.1. The second-order valence-electron chi connectivity index (χ2n) is 6.07. The fraction of sp³-hybridized carbons (Fsp3) is 0.250. The molecule has 3 rings (SSSR count). The fourth-order valence-corrected chi connectivity index (χ4v) is 2.50. The molecule has 0 spiro atoms. The molecule has 1 saturated carbocycles. The smallest absolute Gasteiger partial charge is 0.247 e. The van der Waals surface area contributed by atoms with Gasteiger partial charge in [0.1, 0.15) is 5.82 Å². The first kappa shape index (κ1) is 15.5. The highest BCUT2D eigenvalue weighted by molar-refractivity contribution is 5.92. The lowest BCUT2D eigenvalue weighted by Gasteiger charge is -2.21. The van der Waals surface area contributed by atoms with E-state index in [2.05, 4.69) is 0 Å². The van der Waals surface area contributed by atoms with Gasteiger partial charge in [-0.3, -0.25) is 4.79 Å². The van der Waals surface area contributed by atoms with Crippen LogP contribution in [-0.4, -0.2) is 16.8 Å². The largest absolute Gasteiger partial charge is 0.332 e. The predicted octanol–water partition coefficient (Wildman–Crippen LogP) is 4.34. The van der Waals surface area contributed by atoms with Gasteiger partial charge in [-0.05, 0) is 49.1 Å². The molecule has 0 bridgehead atoms. The minimum atomic E-state index is -0.252. The topological polar surface area (TPSA) is 20.3 Å². The van der Waals surface area contributed by atoms with Crippen molar-refractivity contribution in [1.29, 1.82) is 0 Å². The van der Waals surface area contributed by atoms with Gasteiger partial charge in [0.05, 0.1) is 0 Å². The Labute approximate surface area is 136 Å². The summed E-state index contributed by atoms with van der Waals surface area (Å²) in [6.07, 6.45) is 5.57. The molecule has 0 heterocycles. The van der Waals surface area contributed by atoms with Gasteiger partial charge in [-0.25, -0.2) is 4.39 Å². The van der Waals surface area contributed by atoms with Crippen molar-refractivity contribution in [3.63, 3.8) is 0 Å². The summed E-state index contributed by atoms with van der Waals surface area (Å²) in [4.78, 5) is 14.4. The zero-order valence-corrected chi connectivity index (χ0v) is 13.2. The van der Waals surface area contributed by atoms with E-state index in [9.17, 15) is 9.18 Å². The molecule has 23 heavy (non-hydrogen) atoms. The maximum Gasteiger partial charge on any atom is 0.247 e. The summed E-state index contributed by atoms with van der Waals surface area (Å²) in [5, 5.41) is 0. The van der Waals surface area contributed by atoms with Gasteiger partial charge in [0.2, 0.25) is 5.91 Å². The molecule has 0 N–H and O–H groups in total. The van der Waals surface area contributed by atoms with Crippen molar-refractivity contribution >= 4 is 12.0 Å². The van der Waals surface area contributed by atoms with Crippen molar-refractivity contribution in [3.05, 3.63) is 77.1 Å². The number of benzene rings is 2. The van der Waals surface area contributed by atoms with E-state index >= 15 is 0 Å². The Hall–Kier alpha value is -2.42. The normalized spacial score (nSPS) is 14.2. The van der Waals surface area contributed by atoms with Crippen LogP contribution in [0.25, 0.3) is 6.08 Å². The average molecular weight is 309 g/mol. The van der Waals surface area contributed by atoms with Crippen LogP contribution in [0.4, 0.5) is 4.39 Å². The second kappa shape index (κ2) is 6.78. The third-order valence-corrected chi connectivity index (χ3v) is 4.03. The van der Waals surface area contributed by atoms with E-state index in [4.69, 9.17) is 0 Å². The van der Waals surface area contributed by atoms with Crippen LogP contribution in [0.5, 0.6) is 0 Å². The van der Waals surface area contributed by atoms with Crippen LogP contribution in [0.1, 0.15) is 29.5 Å². The molecule has 0 aromatic heterocycles. The van der Waals surface area contributed by atoms with Crippen LogP contribution in [-0.2, 0) is 11.3 Å². The molecule has 1 aliphatic rings. The van der Waals surface area contributed by atoms with E-state index in [1.54, 1.807) is 18.2 Å². The zero-order valence-electron chi connectivity index (χ0n) is 13.2. The maximum atomic E-state index is 13.0. The number of hydrogen-bond acceptors (Lipinski definition) is 1. The van der Waals surface area contributed by atoms with Gasteiger partial charge in [-0.1, -0.05) is 42.0 Å². The average Bonchev–Trinajstić information content (AvgIpc) is 3.38. The van der Waals surface area contributed by atoms with Gasteiger partial charge >= 0.3 is 0 Å². The number of rotatable bonds is 5. The van der Waals surface area contributed by atoms with Crippen LogP contribution < -0.4 is 0 Å². The monoisotopic (exact) mass is 309 g/mol. The molecule has 118 valence electrons. The molecular weight excluding hydrogens is 289 g/mol. The van der Waals surface area contributed by atoms with Gasteiger partial charge in [0.15, 0.2) is 0 Å². The maximum absolute atomic E-state index is 13.0. The zero-order chi connectivity index (χ0) is 16.2. The molecule has 0 unspecified atom stereocenters. The van der Waals surface area contributed by atoms with Crippen molar-refractivity contribution in [1.82, 2.24) is 4.90 Å². The highest BCUT2D eigenvalue weighted by Gasteiger charge is 2.31. The molecule has 0 aliphatic heterocycles. The number of amides is 1. The molecule has 3 heteroatoms. The molecule has 0 atom stereocenters. The third-order valence-electron chi connectivity index (χ3n) is 4.03. The lowest BCUT2D eigenvalue weighted by atomic mass is 10.1. The predicted molar refractivity (Wildman–Crippen MR) is 90.2 cm³/mol. The first-order valence-corrected chi connectivity index (χ1v) is 7.91. The van der Waals surface area contributed by atoms with E-state index in [-0.39, 0.29) is 11.7 Å². The Morgan fingerprint density at radius 1 is 1.13 bits per heavy atom. The van der Waals surface area contributed by atoms with Crippen molar-refractivity contribution < 1.29 is 9.18 Å². The van der Waals surface area contributed by atoms with E-state index in [0.29, 0.717) is 12.6 Å². The van der Waals surface area contributed by atoms with Gasteiger partial charge in [0.25, 0.3) is 0 Å². The number of nitrogens with zero attached hydrogens (tertiary/aromatic N) is 1. The van der Waals surface area contributed by atoms with Gasteiger partial charge in [-0.2, -0.15) is 0 Å². The minimum Gasteiger partial charge on any atom is -0.332 e. The third kappa shape index (κ3) is 4.28. The lowest BCUT2D eigenvalue weighted by molar-refractivity contribution is -0.127. The van der Waals surface area contributed by atoms with Gasteiger partial charge in [0, 0.05) is 18.7 Å². The molecule has 1 aliphatic carbocycles. The lowest BCUT2D eigenvalue weighted by Crippen LogP contribution is -2.31. The molecule has 2 nitrogen and oxygen atoms in total. The van der Waals surface area contributed by atoms with Gasteiger partial charge in [-0.15, -0.1) is 0 Å². The number of halogens is 1. The standard InChI is InChI=1S/C20H20FNO/c1-15-2-4-16(5-3-15)8-13-20(23)22(19-11-12-19)14-17-6-9-18(21)10-7-17/h2-10,13,19H,11-12,14H2,1H3/b13-8+. The number of hydrogen-bond donors (Lipinski definition) is 0. The Morgan fingerprint density at radius 2 is 1.78 bits per heavy atom. The van der Waals surface area contributed by atoms with E-state index in [1.165, 1.54) is 17.7 Å². The summed E-state index contributed by atoms with van der Waals surface area (Å²) in [5.41, 5.74) is 3.17. The Morgan fingerprint density at radius 3 is 2.39 bits per heavy atom. The molecule has 1 fully saturated rings. The molecular formula is C20H20FNO. The summed E-state index contributed by atoms with van der Waals surface area (Å²) < 4.78 is 13.0. The summed E-state index contributed by atoms with van der Waals surface area (Å²) in [5.74, 6) is -0.241. The van der Waals surface area contributed by atoms with E-state index in [1.807, 2.05) is 42.2 Å².